The second kappa shape index (κ2) is 4.55. The normalized spacial score (nSPS) is 32.0. The van der Waals surface area contributed by atoms with E-state index in [0.717, 1.165) is 24.8 Å². The molecular formula is C16H21NO2. The third-order valence-corrected chi connectivity index (χ3v) is 4.76. The fourth-order valence-electron chi connectivity index (χ4n) is 3.68. The van der Waals surface area contributed by atoms with Gasteiger partial charge in [0.25, 0.3) is 0 Å². The van der Waals surface area contributed by atoms with Gasteiger partial charge in [-0.2, -0.15) is 0 Å². The van der Waals surface area contributed by atoms with E-state index in [0.29, 0.717) is 18.6 Å². The quantitative estimate of drug-likeness (QED) is 0.830. The van der Waals surface area contributed by atoms with E-state index in [9.17, 15) is 4.79 Å². The molecule has 1 aromatic carbocycles. The van der Waals surface area contributed by atoms with Crippen LogP contribution in [0, 0.1) is 5.92 Å². The van der Waals surface area contributed by atoms with Gasteiger partial charge in [-0.3, -0.25) is 4.90 Å². The van der Waals surface area contributed by atoms with Gasteiger partial charge < -0.3 is 4.74 Å². The lowest BCUT2D eigenvalue weighted by Crippen LogP contribution is -2.44. The molecule has 1 heterocycles. The minimum Gasteiger partial charge on any atom is -0.445 e. The first-order valence-corrected chi connectivity index (χ1v) is 7.17. The van der Waals surface area contributed by atoms with Crippen molar-refractivity contribution in [3.8, 4) is 0 Å². The molecule has 0 radical (unpaired) electrons. The first kappa shape index (κ1) is 12.5. The molecule has 3 rings (SSSR count). The Morgan fingerprint density at radius 1 is 1.42 bits per heavy atom. The summed E-state index contributed by atoms with van der Waals surface area (Å²) in [5, 5.41) is 0. The van der Waals surface area contributed by atoms with Crippen LogP contribution in [-0.2, 0) is 11.3 Å². The SMILES string of the molecule is CC[C@]12C[C@H]1CC(C)N2C(=O)OCc1ccccc1. The molecule has 1 saturated heterocycles. The van der Waals surface area contributed by atoms with Crippen molar-refractivity contribution in [2.24, 2.45) is 5.92 Å². The van der Waals surface area contributed by atoms with Crippen LogP contribution in [0.3, 0.4) is 0 Å². The lowest BCUT2D eigenvalue weighted by Gasteiger charge is -2.31. The largest absolute Gasteiger partial charge is 0.445 e. The van der Waals surface area contributed by atoms with Gasteiger partial charge in [0.2, 0.25) is 0 Å². The van der Waals surface area contributed by atoms with E-state index in [2.05, 4.69) is 13.8 Å². The number of fused-ring (bicyclic) bond motifs is 1. The number of benzene rings is 1. The summed E-state index contributed by atoms with van der Waals surface area (Å²) in [6, 6.07) is 10.2. The molecule has 102 valence electrons. The first-order valence-electron chi connectivity index (χ1n) is 7.17. The molecule has 2 fully saturated rings. The number of rotatable bonds is 3. The van der Waals surface area contributed by atoms with Crippen LogP contribution in [0.1, 0.15) is 38.7 Å². The third kappa shape index (κ3) is 2.01. The standard InChI is InChI=1S/C16H21NO2/c1-3-16-10-14(16)9-12(2)17(16)15(18)19-11-13-7-5-4-6-8-13/h4-8,12,14H,3,9-11H2,1-2H3/t12?,14-,16+/m1/s1. The summed E-state index contributed by atoms with van der Waals surface area (Å²) in [7, 11) is 0. The van der Waals surface area contributed by atoms with Crippen molar-refractivity contribution >= 4 is 6.09 Å². The lowest BCUT2D eigenvalue weighted by molar-refractivity contribution is 0.0682. The zero-order valence-corrected chi connectivity index (χ0v) is 11.6. The monoisotopic (exact) mass is 259 g/mol. The van der Waals surface area contributed by atoms with Gasteiger partial charge in [0.1, 0.15) is 6.61 Å². The van der Waals surface area contributed by atoms with E-state index in [4.69, 9.17) is 4.74 Å². The molecule has 3 heteroatoms. The van der Waals surface area contributed by atoms with Crippen LogP contribution in [0.2, 0.25) is 0 Å². The van der Waals surface area contributed by atoms with Crippen LogP contribution in [0.25, 0.3) is 0 Å². The van der Waals surface area contributed by atoms with Crippen LogP contribution in [0.5, 0.6) is 0 Å². The van der Waals surface area contributed by atoms with Crippen molar-refractivity contribution in [1.82, 2.24) is 4.90 Å². The summed E-state index contributed by atoms with van der Waals surface area (Å²) in [4.78, 5) is 14.3. The zero-order chi connectivity index (χ0) is 13.5. The maximum absolute atomic E-state index is 12.3. The Hall–Kier alpha value is -1.51. The molecule has 0 aromatic heterocycles. The van der Waals surface area contributed by atoms with Crippen LogP contribution in [-0.4, -0.2) is 22.6 Å². The molecule has 1 aliphatic heterocycles. The van der Waals surface area contributed by atoms with Gasteiger partial charge >= 0.3 is 6.09 Å². The van der Waals surface area contributed by atoms with Gasteiger partial charge in [0.15, 0.2) is 0 Å². The number of hydrogen-bond donors (Lipinski definition) is 0. The van der Waals surface area contributed by atoms with Crippen molar-refractivity contribution in [2.75, 3.05) is 0 Å². The Balaban J connectivity index is 1.64. The minimum absolute atomic E-state index is 0.118. The number of carbonyl (C=O) groups is 1. The Morgan fingerprint density at radius 2 is 2.16 bits per heavy atom. The van der Waals surface area contributed by atoms with E-state index in [-0.39, 0.29) is 11.6 Å². The number of amides is 1. The Morgan fingerprint density at radius 3 is 2.84 bits per heavy atom. The van der Waals surface area contributed by atoms with E-state index >= 15 is 0 Å². The minimum atomic E-state index is -0.141. The average molecular weight is 259 g/mol. The predicted molar refractivity (Wildman–Crippen MR) is 73.7 cm³/mol. The van der Waals surface area contributed by atoms with E-state index in [1.54, 1.807) is 0 Å². The molecule has 1 amide bonds. The predicted octanol–water partition coefficient (Wildman–Crippen LogP) is 3.59. The molecule has 1 aliphatic carbocycles. The Labute approximate surface area is 114 Å². The van der Waals surface area contributed by atoms with Gasteiger partial charge in [-0.1, -0.05) is 37.3 Å². The highest BCUT2D eigenvalue weighted by molar-refractivity contribution is 5.71. The van der Waals surface area contributed by atoms with Gasteiger partial charge in [-0.25, -0.2) is 4.79 Å². The molecule has 3 nitrogen and oxygen atoms in total. The van der Waals surface area contributed by atoms with Crippen molar-refractivity contribution < 1.29 is 9.53 Å². The summed E-state index contributed by atoms with van der Waals surface area (Å²) in [6.45, 7) is 4.68. The van der Waals surface area contributed by atoms with Crippen molar-refractivity contribution in [3.05, 3.63) is 35.9 Å². The van der Waals surface area contributed by atoms with Crippen LogP contribution < -0.4 is 0 Å². The molecule has 1 unspecified atom stereocenters. The van der Waals surface area contributed by atoms with E-state index < -0.39 is 0 Å². The van der Waals surface area contributed by atoms with Crippen LogP contribution in [0.4, 0.5) is 4.79 Å². The summed E-state index contributed by atoms with van der Waals surface area (Å²) in [5.74, 6) is 0.705. The number of hydrogen-bond acceptors (Lipinski definition) is 2. The summed E-state index contributed by atoms with van der Waals surface area (Å²) >= 11 is 0. The highest BCUT2D eigenvalue weighted by atomic mass is 16.6. The molecule has 0 bridgehead atoms. The summed E-state index contributed by atoms with van der Waals surface area (Å²) in [5.41, 5.74) is 1.16. The fourth-order valence-corrected chi connectivity index (χ4v) is 3.68. The number of nitrogens with zero attached hydrogens (tertiary/aromatic N) is 1. The summed E-state index contributed by atoms with van der Waals surface area (Å²) < 4.78 is 5.49. The van der Waals surface area contributed by atoms with E-state index in [1.807, 2.05) is 35.2 Å². The van der Waals surface area contributed by atoms with Crippen molar-refractivity contribution in [1.29, 1.82) is 0 Å². The molecule has 2 aliphatic rings. The van der Waals surface area contributed by atoms with Gasteiger partial charge in [0.05, 0.1) is 0 Å². The maximum atomic E-state index is 12.3. The number of carbonyl (C=O) groups excluding carboxylic acids is 1. The van der Waals surface area contributed by atoms with Crippen LogP contribution in [0.15, 0.2) is 30.3 Å². The second-order valence-electron chi connectivity index (χ2n) is 5.85. The number of likely N-dealkylation sites (tertiary alicyclic amines) is 1. The highest BCUT2D eigenvalue weighted by Crippen LogP contribution is 2.60. The fraction of sp³-hybridized carbons (Fsp3) is 0.562. The molecule has 3 atom stereocenters. The number of piperidine rings is 1. The smallest absolute Gasteiger partial charge is 0.410 e. The van der Waals surface area contributed by atoms with Crippen LogP contribution >= 0.6 is 0 Å². The molecule has 19 heavy (non-hydrogen) atoms. The third-order valence-electron chi connectivity index (χ3n) is 4.76. The maximum Gasteiger partial charge on any atom is 0.410 e. The first-order chi connectivity index (χ1) is 9.17. The molecule has 0 spiro atoms. The average Bonchev–Trinajstić information content (AvgIpc) is 3.04. The van der Waals surface area contributed by atoms with Crippen molar-refractivity contribution in [3.63, 3.8) is 0 Å². The molecule has 0 N–H and O–H groups in total. The highest BCUT2D eigenvalue weighted by Gasteiger charge is 2.65. The van der Waals surface area contributed by atoms with Gasteiger partial charge in [-0.15, -0.1) is 0 Å². The summed E-state index contributed by atoms with van der Waals surface area (Å²) in [6.07, 6.45) is 3.20. The van der Waals surface area contributed by atoms with Gasteiger partial charge in [0, 0.05) is 11.6 Å². The Kier molecular flexibility index (Phi) is 3.00. The lowest BCUT2D eigenvalue weighted by atomic mass is 10.1. The van der Waals surface area contributed by atoms with E-state index in [1.165, 1.54) is 0 Å². The van der Waals surface area contributed by atoms with Crippen molar-refractivity contribution in [2.45, 2.75) is 51.3 Å². The topological polar surface area (TPSA) is 29.5 Å². The molecule has 1 saturated carbocycles. The molecular weight excluding hydrogens is 238 g/mol. The Bertz CT molecular complexity index is 469. The zero-order valence-electron chi connectivity index (χ0n) is 11.6. The molecule has 1 aromatic rings. The number of ether oxygens (including phenoxy) is 1. The van der Waals surface area contributed by atoms with Gasteiger partial charge in [-0.05, 0) is 37.7 Å². The second-order valence-corrected chi connectivity index (χ2v) is 5.85.